The minimum absolute atomic E-state index is 0.468. The molecule has 0 spiro atoms. The van der Waals surface area contributed by atoms with Crippen molar-refractivity contribution in [2.24, 2.45) is 0 Å². The van der Waals surface area contributed by atoms with E-state index in [1.54, 1.807) is 0 Å². The molecule has 3 nitrogen and oxygen atoms in total. The van der Waals surface area contributed by atoms with Crippen molar-refractivity contribution in [1.82, 2.24) is 0 Å². The Morgan fingerprint density at radius 1 is 0.577 bits per heavy atom. The molecule has 0 aliphatic rings. The molecule has 0 aliphatic heterocycles. The molecule has 3 heteroatoms. The Bertz CT molecular complexity index is 289. The first-order chi connectivity index (χ1) is 12.7. The van der Waals surface area contributed by atoms with Gasteiger partial charge in [0.25, 0.3) is 0 Å². The van der Waals surface area contributed by atoms with Gasteiger partial charge in [-0.1, -0.05) is 96.8 Å². The normalized spacial score (nSPS) is 11.4. The fraction of sp³-hybridized carbons (Fsp3) is 0.957. The van der Waals surface area contributed by atoms with Crippen molar-refractivity contribution in [2.75, 3.05) is 0 Å². The van der Waals surface area contributed by atoms with E-state index in [-0.39, 0.29) is 0 Å². The molecule has 0 rings (SSSR count). The zero-order chi connectivity index (χ0) is 19.3. The Labute approximate surface area is 163 Å². The van der Waals surface area contributed by atoms with Gasteiger partial charge >= 0.3 is 0 Å². The van der Waals surface area contributed by atoms with E-state index in [0.717, 1.165) is 38.5 Å². The Hall–Kier alpha value is -0.410. The number of carbonyl (C=O) groups excluding carboxylic acids is 1. The van der Waals surface area contributed by atoms with Crippen LogP contribution in [0.15, 0.2) is 0 Å². The summed E-state index contributed by atoms with van der Waals surface area (Å²) in [6.07, 6.45) is 21.9. The van der Waals surface area contributed by atoms with Gasteiger partial charge in [0.1, 0.15) is 5.78 Å². The van der Waals surface area contributed by atoms with E-state index < -0.39 is 6.29 Å². The van der Waals surface area contributed by atoms with Crippen LogP contribution in [0.2, 0.25) is 0 Å². The van der Waals surface area contributed by atoms with E-state index in [1.165, 1.54) is 83.5 Å². The van der Waals surface area contributed by atoms with Crippen LogP contribution < -0.4 is 0 Å². The lowest BCUT2D eigenvalue weighted by atomic mass is 10.0. The highest BCUT2D eigenvalue weighted by Gasteiger charge is 2.02. The second kappa shape index (κ2) is 20.9. The predicted octanol–water partition coefficient (Wildman–Crippen LogP) is 6.69. The summed E-state index contributed by atoms with van der Waals surface area (Å²) in [6.45, 7) is 2.26. The number of aliphatic hydroxyl groups excluding tert-OH is 1. The zero-order valence-corrected chi connectivity index (χ0v) is 17.5. The van der Waals surface area contributed by atoms with Gasteiger partial charge in [-0.15, -0.1) is 0 Å². The first kappa shape index (κ1) is 25.6. The maximum Gasteiger partial charge on any atom is 0.151 e. The largest absolute Gasteiger partial charge is 0.368 e. The van der Waals surface area contributed by atoms with E-state index in [9.17, 15) is 4.79 Å². The van der Waals surface area contributed by atoms with E-state index in [1.807, 2.05) is 0 Å². The fourth-order valence-corrected chi connectivity index (χ4v) is 3.47. The summed E-state index contributed by atoms with van der Waals surface area (Å²) in [6, 6.07) is 0. The van der Waals surface area contributed by atoms with Crippen molar-refractivity contribution in [3.05, 3.63) is 0 Å². The molecule has 0 heterocycles. The van der Waals surface area contributed by atoms with Gasteiger partial charge in [0.2, 0.25) is 0 Å². The van der Waals surface area contributed by atoms with Crippen LogP contribution in [0.5, 0.6) is 0 Å². The standard InChI is InChI=1S/C23H46O3/c1-2-3-4-5-6-7-10-13-16-19-22(24)20-17-14-11-8-9-12-15-18-21-23(25)26/h23,25-26H,2-21H2,1H3. The molecule has 0 radical (unpaired) electrons. The summed E-state index contributed by atoms with van der Waals surface area (Å²) in [7, 11) is 0. The Balaban J connectivity index is 3.15. The summed E-state index contributed by atoms with van der Waals surface area (Å²) < 4.78 is 0. The highest BCUT2D eigenvalue weighted by Crippen LogP contribution is 2.13. The summed E-state index contributed by atoms with van der Waals surface area (Å²) in [5, 5.41) is 17.5. The first-order valence-electron chi connectivity index (χ1n) is 11.5. The van der Waals surface area contributed by atoms with Gasteiger partial charge < -0.3 is 10.2 Å². The minimum atomic E-state index is -1.14. The SMILES string of the molecule is CCCCCCCCCCCC(=O)CCCCCCCCCCC(O)O. The van der Waals surface area contributed by atoms with Crippen molar-refractivity contribution in [2.45, 2.75) is 142 Å². The molecule has 0 aliphatic carbocycles. The van der Waals surface area contributed by atoms with Gasteiger partial charge in [0, 0.05) is 12.8 Å². The Morgan fingerprint density at radius 3 is 1.31 bits per heavy atom. The van der Waals surface area contributed by atoms with Crippen LogP contribution in [0.25, 0.3) is 0 Å². The lowest BCUT2D eigenvalue weighted by Gasteiger charge is -2.04. The van der Waals surface area contributed by atoms with Crippen molar-refractivity contribution < 1.29 is 15.0 Å². The molecular weight excluding hydrogens is 324 g/mol. The number of hydrogen-bond acceptors (Lipinski definition) is 3. The van der Waals surface area contributed by atoms with Gasteiger partial charge in [-0.25, -0.2) is 0 Å². The van der Waals surface area contributed by atoms with E-state index in [0.29, 0.717) is 12.2 Å². The number of aliphatic hydroxyl groups is 2. The quantitative estimate of drug-likeness (QED) is 0.175. The highest BCUT2D eigenvalue weighted by atomic mass is 16.5. The monoisotopic (exact) mass is 370 g/mol. The third-order valence-corrected chi connectivity index (χ3v) is 5.23. The zero-order valence-electron chi connectivity index (χ0n) is 17.5. The lowest BCUT2D eigenvalue weighted by molar-refractivity contribution is -0.119. The molecule has 0 atom stereocenters. The van der Waals surface area contributed by atoms with Gasteiger partial charge in [0.15, 0.2) is 6.29 Å². The third-order valence-electron chi connectivity index (χ3n) is 5.23. The lowest BCUT2D eigenvalue weighted by Crippen LogP contribution is -2.02. The average Bonchev–Trinajstić information content (AvgIpc) is 2.61. The molecule has 0 aromatic rings. The number of hydrogen-bond donors (Lipinski definition) is 2. The number of unbranched alkanes of at least 4 members (excludes halogenated alkanes) is 15. The van der Waals surface area contributed by atoms with E-state index in [2.05, 4.69) is 6.92 Å². The third kappa shape index (κ3) is 21.6. The predicted molar refractivity (Wildman–Crippen MR) is 111 cm³/mol. The van der Waals surface area contributed by atoms with Gasteiger partial charge in [-0.05, 0) is 25.7 Å². The van der Waals surface area contributed by atoms with E-state index in [4.69, 9.17) is 10.2 Å². The molecular formula is C23H46O3. The van der Waals surface area contributed by atoms with Crippen molar-refractivity contribution in [3.8, 4) is 0 Å². The van der Waals surface area contributed by atoms with Crippen LogP contribution in [-0.4, -0.2) is 22.3 Å². The first-order valence-corrected chi connectivity index (χ1v) is 11.5. The van der Waals surface area contributed by atoms with Crippen LogP contribution in [0.1, 0.15) is 135 Å². The molecule has 0 fully saturated rings. The highest BCUT2D eigenvalue weighted by molar-refractivity contribution is 5.78. The topological polar surface area (TPSA) is 57.5 Å². The molecule has 0 aromatic carbocycles. The molecule has 2 N–H and O–H groups in total. The molecule has 0 unspecified atom stereocenters. The maximum absolute atomic E-state index is 11.9. The van der Waals surface area contributed by atoms with Gasteiger partial charge in [-0.2, -0.15) is 0 Å². The average molecular weight is 371 g/mol. The van der Waals surface area contributed by atoms with Gasteiger partial charge in [0.05, 0.1) is 0 Å². The van der Waals surface area contributed by atoms with Crippen LogP contribution in [0, 0.1) is 0 Å². The summed E-state index contributed by atoms with van der Waals surface area (Å²) in [5.74, 6) is 0.468. The van der Waals surface area contributed by atoms with Crippen LogP contribution >= 0.6 is 0 Å². The number of rotatable bonds is 21. The Kier molecular flexibility index (Phi) is 20.6. The maximum atomic E-state index is 11.9. The van der Waals surface area contributed by atoms with Crippen LogP contribution in [-0.2, 0) is 4.79 Å². The van der Waals surface area contributed by atoms with Crippen molar-refractivity contribution in [1.29, 1.82) is 0 Å². The van der Waals surface area contributed by atoms with Crippen LogP contribution in [0.3, 0.4) is 0 Å². The second-order valence-electron chi connectivity index (χ2n) is 7.96. The number of carbonyl (C=O) groups is 1. The smallest absolute Gasteiger partial charge is 0.151 e. The molecule has 0 amide bonds. The summed E-state index contributed by atoms with van der Waals surface area (Å²) in [5.41, 5.74) is 0. The molecule has 0 bridgehead atoms. The molecule has 156 valence electrons. The minimum Gasteiger partial charge on any atom is -0.368 e. The summed E-state index contributed by atoms with van der Waals surface area (Å²) in [4.78, 5) is 11.9. The molecule has 0 saturated heterocycles. The molecule has 0 saturated carbocycles. The van der Waals surface area contributed by atoms with Crippen molar-refractivity contribution >= 4 is 5.78 Å². The Morgan fingerprint density at radius 2 is 0.923 bits per heavy atom. The number of Topliss-reactive ketones (excluding diaryl/α,β-unsaturated/α-hetero) is 1. The second-order valence-corrected chi connectivity index (χ2v) is 7.96. The van der Waals surface area contributed by atoms with E-state index >= 15 is 0 Å². The van der Waals surface area contributed by atoms with Crippen molar-refractivity contribution in [3.63, 3.8) is 0 Å². The summed E-state index contributed by atoms with van der Waals surface area (Å²) >= 11 is 0. The van der Waals surface area contributed by atoms with Crippen LogP contribution in [0.4, 0.5) is 0 Å². The molecule has 26 heavy (non-hydrogen) atoms. The molecule has 0 aromatic heterocycles. The van der Waals surface area contributed by atoms with Gasteiger partial charge in [-0.3, -0.25) is 4.79 Å². The number of ketones is 1. The fourth-order valence-electron chi connectivity index (χ4n) is 3.47.